The van der Waals surface area contributed by atoms with Crippen LogP contribution in [-0.2, 0) is 0 Å². The molecule has 0 spiro atoms. The molecule has 0 aliphatic rings. The van der Waals surface area contributed by atoms with Crippen LogP contribution in [0.2, 0.25) is 0 Å². The van der Waals surface area contributed by atoms with Crippen LogP contribution in [0.4, 0.5) is 0 Å². The number of hydrogen-bond acceptors (Lipinski definition) is 2. The minimum Gasteiger partial charge on any atom is -0.233 e. The van der Waals surface area contributed by atoms with E-state index in [-0.39, 0.29) is 0 Å². The highest BCUT2D eigenvalue weighted by atomic mass is 16.7. The number of hydrogen-bond donors (Lipinski definition) is 0. The van der Waals surface area contributed by atoms with Gasteiger partial charge in [0.05, 0.1) is 10.8 Å². The number of nitro groups is 1. The highest BCUT2D eigenvalue weighted by Crippen LogP contribution is 2.08. The van der Waals surface area contributed by atoms with Crippen molar-refractivity contribution < 1.29 is 5.03 Å². The maximum atomic E-state index is 10.0. The van der Waals surface area contributed by atoms with Crippen LogP contribution in [0.25, 0.3) is 0 Å². The molecule has 0 saturated heterocycles. The normalized spacial score (nSPS) is 11.7. The second-order valence-corrected chi connectivity index (χ2v) is 3.94. The Morgan fingerprint density at radius 2 is 1.67 bits per heavy atom. The Hall–Kier alpha value is -0.930. The van der Waals surface area contributed by atoms with Crippen molar-refractivity contribution in [2.45, 2.75) is 65.2 Å². The molecule has 0 rings (SSSR count). The van der Waals surface area contributed by atoms with Crippen LogP contribution < -0.4 is 0 Å². The fraction of sp³-hybridized carbons (Fsp3) is 0.909. The molecule has 88 valence electrons. The maximum absolute atomic E-state index is 10.0. The molecule has 0 aliphatic heterocycles. The monoisotopic (exact) mass is 214 g/mol. The van der Waals surface area contributed by atoms with Crippen molar-refractivity contribution in [3.63, 3.8) is 0 Å². The summed E-state index contributed by atoms with van der Waals surface area (Å²) >= 11 is 0. The summed E-state index contributed by atoms with van der Waals surface area (Å²) in [6.45, 7) is 3.93. The molecular weight excluding hydrogens is 192 g/mol. The Labute approximate surface area is 91.9 Å². The van der Waals surface area contributed by atoms with E-state index < -0.39 is 5.03 Å². The zero-order valence-corrected chi connectivity index (χ0v) is 9.87. The smallest absolute Gasteiger partial charge is 0.190 e. The van der Waals surface area contributed by atoms with Crippen LogP contribution in [0.5, 0.6) is 0 Å². The molecule has 0 saturated carbocycles. The van der Waals surface area contributed by atoms with Gasteiger partial charge in [0.2, 0.25) is 0 Å². The first-order valence-corrected chi connectivity index (χ1v) is 5.85. The molecule has 0 bridgehead atoms. The third kappa shape index (κ3) is 11.0. The summed E-state index contributed by atoms with van der Waals surface area (Å²) < 4.78 is 0. The van der Waals surface area contributed by atoms with Gasteiger partial charge < -0.3 is 0 Å². The quantitative estimate of drug-likeness (QED) is 0.254. The van der Waals surface area contributed by atoms with Crippen molar-refractivity contribution in [2.24, 2.45) is 5.10 Å². The third-order valence-corrected chi connectivity index (χ3v) is 2.39. The molecule has 0 unspecified atom stereocenters. The molecule has 0 fully saturated rings. The molecule has 15 heavy (non-hydrogen) atoms. The summed E-state index contributed by atoms with van der Waals surface area (Å²) in [5.74, 6) is 0. The minimum absolute atomic E-state index is 0.615. The van der Waals surface area contributed by atoms with Gasteiger partial charge in [-0.2, -0.15) is 0 Å². The van der Waals surface area contributed by atoms with Crippen LogP contribution in [-0.4, -0.2) is 10.7 Å². The molecule has 0 aromatic rings. The summed E-state index contributed by atoms with van der Waals surface area (Å²) in [4.78, 5) is 10.0. The van der Waals surface area contributed by atoms with E-state index in [0.717, 1.165) is 19.3 Å². The van der Waals surface area contributed by atoms with Crippen molar-refractivity contribution in [3.05, 3.63) is 10.1 Å². The molecule has 0 atom stereocenters. The largest absolute Gasteiger partial charge is 0.233 e. The Morgan fingerprint density at radius 3 is 2.20 bits per heavy atom. The zero-order chi connectivity index (χ0) is 11.5. The number of hydrazone groups is 1. The number of unbranched alkanes of at least 4 members (excludes halogenated alkanes) is 6. The van der Waals surface area contributed by atoms with Crippen LogP contribution in [0, 0.1) is 10.1 Å². The van der Waals surface area contributed by atoms with Gasteiger partial charge in [-0.25, -0.2) is 10.1 Å². The first kappa shape index (κ1) is 14.1. The molecule has 0 heterocycles. The van der Waals surface area contributed by atoms with E-state index in [1.165, 1.54) is 32.1 Å². The molecule has 4 heteroatoms. The second-order valence-electron chi connectivity index (χ2n) is 3.94. The predicted molar refractivity (Wildman–Crippen MR) is 62.7 cm³/mol. The Balaban J connectivity index is 3.27. The van der Waals surface area contributed by atoms with Crippen LogP contribution >= 0.6 is 0 Å². The SMILES string of the molecule is CCCCCCCCC/C(C)=N/[N+](=O)[O-]. The van der Waals surface area contributed by atoms with Gasteiger partial charge in [-0.3, -0.25) is 0 Å². The highest BCUT2D eigenvalue weighted by molar-refractivity contribution is 5.81. The lowest BCUT2D eigenvalue weighted by atomic mass is 10.1. The van der Waals surface area contributed by atoms with Crippen LogP contribution in [0.15, 0.2) is 5.10 Å². The lowest BCUT2D eigenvalue weighted by Crippen LogP contribution is -1.96. The molecule has 4 nitrogen and oxygen atoms in total. The third-order valence-electron chi connectivity index (χ3n) is 2.39. The van der Waals surface area contributed by atoms with Gasteiger partial charge in [-0.15, -0.1) is 0 Å². The van der Waals surface area contributed by atoms with Gasteiger partial charge in [-0.1, -0.05) is 45.4 Å². The summed E-state index contributed by atoms with van der Waals surface area (Å²) in [6, 6.07) is 0. The number of nitrogens with zero attached hydrogens (tertiary/aromatic N) is 2. The van der Waals surface area contributed by atoms with Crippen molar-refractivity contribution in [1.82, 2.24) is 0 Å². The summed E-state index contributed by atoms with van der Waals surface area (Å²) in [5.41, 5.74) is 0.633. The molecule has 0 N–H and O–H groups in total. The van der Waals surface area contributed by atoms with E-state index in [2.05, 4.69) is 12.0 Å². The lowest BCUT2D eigenvalue weighted by Gasteiger charge is -1.99. The first-order valence-electron chi connectivity index (χ1n) is 5.85. The second kappa shape index (κ2) is 9.62. The van der Waals surface area contributed by atoms with Gasteiger partial charge in [0.15, 0.2) is 5.03 Å². The van der Waals surface area contributed by atoms with Gasteiger partial charge in [0, 0.05) is 0 Å². The predicted octanol–water partition coefficient (Wildman–Crippen LogP) is 3.78. The Morgan fingerprint density at radius 1 is 1.13 bits per heavy atom. The fourth-order valence-electron chi connectivity index (χ4n) is 1.53. The number of rotatable bonds is 9. The summed E-state index contributed by atoms with van der Waals surface area (Å²) in [5, 5.41) is 12.7. The molecule has 0 aromatic heterocycles. The molecule has 0 aromatic carbocycles. The topological polar surface area (TPSA) is 55.5 Å². The molecule has 0 aliphatic carbocycles. The average molecular weight is 214 g/mol. The van der Waals surface area contributed by atoms with Crippen LogP contribution in [0.1, 0.15) is 65.2 Å². The lowest BCUT2D eigenvalue weighted by molar-refractivity contribution is -0.485. The maximum Gasteiger partial charge on any atom is 0.190 e. The van der Waals surface area contributed by atoms with Gasteiger partial charge in [-0.05, 0) is 19.8 Å². The standard InChI is InChI=1S/C11H22N2O2/c1-3-4-5-6-7-8-9-10-11(2)12-13(14)15/h3-10H2,1-2H3/b12-11+. The van der Waals surface area contributed by atoms with Crippen LogP contribution in [0.3, 0.4) is 0 Å². The van der Waals surface area contributed by atoms with Gasteiger partial charge >= 0.3 is 0 Å². The Bertz CT molecular complexity index is 203. The molecule has 0 amide bonds. The van der Waals surface area contributed by atoms with Crippen molar-refractivity contribution in [3.8, 4) is 0 Å². The van der Waals surface area contributed by atoms with E-state index in [0.29, 0.717) is 5.71 Å². The summed E-state index contributed by atoms with van der Waals surface area (Å²) in [6.07, 6.45) is 9.39. The minimum atomic E-state index is -0.615. The zero-order valence-electron chi connectivity index (χ0n) is 9.87. The van der Waals surface area contributed by atoms with Crippen molar-refractivity contribution >= 4 is 5.71 Å². The molecule has 0 radical (unpaired) electrons. The van der Waals surface area contributed by atoms with E-state index in [4.69, 9.17) is 0 Å². The van der Waals surface area contributed by atoms with E-state index in [1.807, 2.05) is 0 Å². The van der Waals surface area contributed by atoms with E-state index in [9.17, 15) is 10.1 Å². The summed E-state index contributed by atoms with van der Waals surface area (Å²) in [7, 11) is 0. The van der Waals surface area contributed by atoms with Gasteiger partial charge in [0.25, 0.3) is 0 Å². The van der Waals surface area contributed by atoms with E-state index in [1.54, 1.807) is 6.92 Å². The first-order chi connectivity index (χ1) is 7.16. The van der Waals surface area contributed by atoms with E-state index >= 15 is 0 Å². The highest BCUT2D eigenvalue weighted by Gasteiger charge is 1.98. The van der Waals surface area contributed by atoms with Crippen molar-refractivity contribution in [1.29, 1.82) is 0 Å². The van der Waals surface area contributed by atoms with Gasteiger partial charge in [0.1, 0.15) is 0 Å². The fourth-order valence-corrected chi connectivity index (χ4v) is 1.53. The average Bonchev–Trinajstić information content (AvgIpc) is 2.15. The molecular formula is C11H22N2O2. The Kier molecular flexibility index (Phi) is 9.02. The van der Waals surface area contributed by atoms with Crippen molar-refractivity contribution in [2.75, 3.05) is 0 Å².